The fraction of sp³-hybridized carbons (Fsp3) is 0.467. The number of aliphatic hydroxyl groups is 1. The Kier molecular flexibility index (Phi) is 6.87. The Hall–Kier alpha value is -1.76. The van der Waals surface area contributed by atoms with Gasteiger partial charge in [0.2, 0.25) is 0 Å². The fourth-order valence-electron chi connectivity index (χ4n) is 1.93. The van der Waals surface area contributed by atoms with E-state index in [1.807, 2.05) is 36.5 Å². The first-order valence-electron chi connectivity index (χ1n) is 7.19. The molecule has 1 heterocycles. The topological polar surface area (TPSA) is 72.2 Å². The highest BCUT2D eigenvalue weighted by Crippen LogP contribution is 2.00. The molecule has 1 unspecified atom stereocenters. The van der Waals surface area contributed by atoms with Gasteiger partial charge in [-0.15, -0.1) is 5.10 Å². The van der Waals surface area contributed by atoms with Gasteiger partial charge in [-0.3, -0.25) is 4.68 Å². The van der Waals surface area contributed by atoms with Crippen LogP contribution in [0.3, 0.4) is 0 Å². The van der Waals surface area contributed by atoms with Crippen molar-refractivity contribution in [2.24, 2.45) is 0 Å². The van der Waals surface area contributed by atoms with Gasteiger partial charge >= 0.3 is 0 Å². The molecule has 0 saturated carbocycles. The van der Waals surface area contributed by atoms with Crippen LogP contribution in [0.1, 0.15) is 12.0 Å². The van der Waals surface area contributed by atoms with E-state index in [1.165, 1.54) is 0 Å². The summed E-state index contributed by atoms with van der Waals surface area (Å²) in [7, 11) is 0. The Bertz CT molecular complexity index is 476. The predicted molar refractivity (Wildman–Crippen MR) is 79.6 cm³/mol. The molecule has 0 saturated heterocycles. The van der Waals surface area contributed by atoms with Crippen molar-refractivity contribution in [1.29, 1.82) is 0 Å². The van der Waals surface area contributed by atoms with Gasteiger partial charge in [-0.05, 0) is 18.5 Å². The summed E-state index contributed by atoms with van der Waals surface area (Å²) in [6.45, 7) is 3.06. The molecule has 0 aliphatic heterocycles. The highest BCUT2D eigenvalue weighted by molar-refractivity contribution is 5.13. The first-order valence-corrected chi connectivity index (χ1v) is 7.19. The van der Waals surface area contributed by atoms with Gasteiger partial charge in [-0.2, -0.15) is 0 Å². The third kappa shape index (κ3) is 6.48. The number of benzene rings is 1. The highest BCUT2D eigenvalue weighted by Gasteiger charge is 2.03. The zero-order valence-electron chi connectivity index (χ0n) is 12.1. The van der Waals surface area contributed by atoms with Crippen molar-refractivity contribution < 1.29 is 9.84 Å². The smallest absolute Gasteiger partial charge is 0.0897 e. The van der Waals surface area contributed by atoms with E-state index in [9.17, 15) is 5.11 Å². The van der Waals surface area contributed by atoms with Crippen molar-refractivity contribution in [1.82, 2.24) is 20.3 Å². The van der Waals surface area contributed by atoms with Gasteiger partial charge in [-0.25, -0.2) is 0 Å². The molecule has 0 spiro atoms. The number of nitrogens with zero attached hydrogens (tertiary/aromatic N) is 3. The van der Waals surface area contributed by atoms with Crippen molar-refractivity contribution in [3.63, 3.8) is 0 Å². The van der Waals surface area contributed by atoms with Crippen molar-refractivity contribution in [2.45, 2.75) is 25.7 Å². The molecule has 0 fully saturated rings. The van der Waals surface area contributed by atoms with E-state index in [0.29, 0.717) is 19.8 Å². The molecule has 0 aliphatic carbocycles. The van der Waals surface area contributed by atoms with Crippen LogP contribution < -0.4 is 5.32 Å². The molecular weight excluding hydrogens is 268 g/mol. The summed E-state index contributed by atoms with van der Waals surface area (Å²) >= 11 is 0. The Morgan fingerprint density at radius 3 is 2.90 bits per heavy atom. The van der Waals surface area contributed by atoms with Crippen LogP contribution in [0.4, 0.5) is 0 Å². The van der Waals surface area contributed by atoms with E-state index in [0.717, 1.165) is 25.1 Å². The molecule has 1 aromatic carbocycles. The van der Waals surface area contributed by atoms with Gasteiger partial charge in [-0.1, -0.05) is 35.5 Å². The van der Waals surface area contributed by atoms with Crippen LogP contribution in [-0.2, 0) is 17.9 Å². The molecule has 2 N–H and O–H groups in total. The zero-order chi connectivity index (χ0) is 14.8. The van der Waals surface area contributed by atoms with Crippen LogP contribution in [-0.4, -0.2) is 45.9 Å². The van der Waals surface area contributed by atoms with E-state index in [2.05, 4.69) is 15.6 Å². The van der Waals surface area contributed by atoms with Crippen LogP contribution >= 0.6 is 0 Å². The van der Waals surface area contributed by atoms with Gasteiger partial charge in [0.1, 0.15) is 0 Å². The van der Waals surface area contributed by atoms with Crippen LogP contribution in [0, 0.1) is 0 Å². The molecule has 1 aromatic heterocycles. The van der Waals surface area contributed by atoms with Crippen LogP contribution in [0.25, 0.3) is 0 Å². The van der Waals surface area contributed by atoms with Crippen molar-refractivity contribution in [3.8, 4) is 0 Å². The van der Waals surface area contributed by atoms with Gasteiger partial charge in [0.05, 0.1) is 25.5 Å². The molecule has 0 amide bonds. The molecule has 0 aliphatic rings. The molecule has 6 heteroatoms. The number of hydrogen-bond donors (Lipinski definition) is 2. The number of hydrogen-bond acceptors (Lipinski definition) is 5. The maximum atomic E-state index is 9.80. The number of nitrogens with one attached hydrogen (secondary N) is 1. The molecule has 114 valence electrons. The minimum atomic E-state index is -0.486. The number of aryl methyl sites for hydroxylation is 1. The van der Waals surface area contributed by atoms with Crippen molar-refractivity contribution in [2.75, 3.05) is 19.7 Å². The maximum absolute atomic E-state index is 9.80. The molecule has 1 atom stereocenters. The number of ether oxygens (including phenoxy) is 1. The predicted octanol–water partition coefficient (Wildman–Crippen LogP) is 0.835. The summed E-state index contributed by atoms with van der Waals surface area (Å²) in [5.74, 6) is 0. The SMILES string of the molecule is OC(CNCCCn1ccnn1)COCc1ccccc1. The normalized spacial score (nSPS) is 12.4. The summed E-state index contributed by atoms with van der Waals surface area (Å²) < 4.78 is 7.28. The molecule has 0 radical (unpaired) electrons. The Balaban J connectivity index is 1.47. The molecule has 6 nitrogen and oxygen atoms in total. The summed E-state index contributed by atoms with van der Waals surface area (Å²) in [5, 5.41) is 20.6. The summed E-state index contributed by atoms with van der Waals surface area (Å²) in [5.41, 5.74) is 1.12. The average molecular weight is 290 g/mol. The Labute approximate surface area is 124 Å². The highest BCUT2D eigenvalue weighted by atomic mass is 16.5. The minimum absolute atomic E-state index is 0.338. The lowest BCUT2D eigenvalue weighted by Gasteiger charge is -2.12. The van der Waals surface area contributed by atoms with Gasteiger partial charge < -0.3 is 15.2 Å². The quantitative estimate of drug-likeness (QED) is 0.634. The summed E-state index contributed by atoms with van der Waals surface area (Å²) in [6.07, 6.45) is 3.97. The largest absolute Gasteiger partial charge is 0.389 e. The Morgan fingerprint density at radius 2 is 2.14 bits per heavy atom. The lowest BCUT2D eigenvalue weighted by molar-refractivity contribution is 0.0289. The number of rotatable bonds is 10. The standard InChI is InChI=1S/C15H22N4O2/c20-15(13-21-12-14-5-2-1-3-6-14)11-16-7-4-9-19-10-8-17-18-19/h1-3,5-6,8,10,15-16,20H,4,7,9,11-13H2. The molecule has 2 rings (SSSR count). The molecule has 0 bridgehead atoms. The monoisotopic (exact) mass is 290 g/mol. The second-order valence-corrected chi connectivity index (χ2v) is 4.88. The second-order valence-electron chi connectivity index (χ2n) is 4.88. The van der Waals surface area contributed by atoms with Gasteiger partial charge in [0, 0.05) is 19.3 Å². The maximum Gasteiger partial charge on any atom is 0.0897 e. The lowest BCUT2D eigenvalue weighted by Crippen LogP contribution is -2.31. The zero-order valence-corrected chi connectivity index (χ0v) is 12.1. The van der Waals surface area contributed by atoms with Crippen LogP contribution in [0.2, 0.25) is 0 Å². The van der Waals surface area contributed by atoms with E-state index in [1.54, 1.807) is 10.9 Å². The fourth-order valence-corrected chi connectivity index (χ4v) is 1.93. The first kappa shape index (κ1) is 15.6. The number of aliphatic hydroxyl groups excluding tert-OH is 1. The van der Waals surface area contributed by atoms with Gasteiger partial charge in [0.25, 0.3) is 0 Å². The average Bonchev–Trinajstić information content (AvgIpc) is 3.01. The molecule has 2 aromatic rings. The van der Waals surface area contributed by atoms with E-state index < -0.39 is 6.10 Å². The lowest BCUT2D eigenvalue weighted by atomic mass is 10.2. The van der Waals surface area contributed by atoms with E-state index >= 15 is 0 Å². The van der Waals surface area contributed by atoms with Crippen molar-refractivity contribution in [3.05, 3.63) is 48.3 Å². The van der Waals surface area contributed by atoms with E-state index in [4.69, 9.17) is 4.74 Å². The summed E-state index contributed by atoms with van der Waals surface area (Å²) in [6, 6.07) is 9.95. The minimum Gasteiger partial charge on any atom is -0.389 e. The van der Waals surface area contributed by atoms with Crippen LogP contribution in [0.15, 0.2) is 42.7 Å². The summed E-state index contributed by atoms with van der Waals surface area (Å²) in [4.78, 5) is 0. The molecular formula is C15H22N4O2. The third-order valence-electron chi connectivity index (χ3n) is 3.01. The van der Waals surface area contributed by atoms with Crippen LogP contribution in [0.5, 0.6) is 0 Å². The first-order chi connectivity index (χ1) is 10.3. The molecule has 21 heavy (non-hydrogen) atoms. The van der Waals surface area contributed by atoms with Crippen molar-refractivity contribution >= 4 is 0 Å². The van der Waals surface area contributed by atoms with Gasteiger partial charge in [0.15, 0.2) is 0 Å². The third-order valence-corrected chi connectivity index (χ3v) is 3.01. The second kappa shape index (κ2) is 9.23. The Morgan fingerprint density at radius 1 is 1.29 bits per heavy atom. The number of aromatic nitrogens is 3. The van der Waals surface area contributed by atoms with E-state index in [-0.39, 0.29) is 0 Å².